The van der Waals surface area contributed by atoms with Crippen molar-refractivity contribution >= 4 is 42.9 Å². The van der Waals surface area contributed by atoms with Gasteiger partial charge >= 0.3 is 59.7 Å². The van der Waals surface area contributed by atoms with Crippen LogP contribution in [0.1, 0.15) is 31.1 Å². The number of aliphatic hydroxyl groups is 7. The molecule has 24 atom stereocenters. The van der Waals surface area contributed by atoms with E-state index in [2.05, 4.69) is 9.97 Å². The number of ether oxygens (including phenoxy) is 5. The minimum absolute atomic E-state index is 0.214. The van der Waals surface area contributed by atoms with Gasteiger partial charge in [0.15, 0.2) is 31.1 Å². The quantitative estimate of drug-likeness (QED) is 0.0229. The summed E-state index contributed by atoms with van der Waals surface area (Å²) >= 11 is 0. The van der Waals surface area contributed by atoms with Crippen LogP contribution >= 0.6 is 31.3 Å². The molecule has 0 spiro atoms. The maximum Gasteiger partial charge on any atom is 0.472 e. The zero-order valence-corrected chi connectivity index (χ0v) is 52.1. The van der Waals surface area contributed by atoms with Crippen LogP contribution in [0.3, 0.4) is 0 Å². The van der Waals surface area contributed by atoms with Crippen LogP contribution in [0.2, 0.25) is 0 Å². The number of nitrogen functional groups attached to an aromatic ring is 2. The van der Waals surface area contributed by atoms with Crippen molar-refractivity contribution in [2.24, 2.45) is 0 Å². The molecule has 0 aromatic carbocycles. The number of anilines is 2. The fourth-order valence-corrected chi connectivity index (χ4v) is 14.4. The van der Waals surface area contributed by atoms with Gasteiger partial charge in [-0.1, -0.05) is 0 Å². The number of nitrogens with zero attached hydrogens (tertiary/aromatic N) is 7. The molecule has 0 saturated carbocycles. The first-order valence-corrected chi connectivity index (χ1v) is 33.7. The Hall–Kier alpha value is -6.64. The van der Waals surface area contributed by atoms with E-state index < -0.39 is 232 Å². The van der Waals surface area contributed by atoms with Crippen LogP contribution in [-0.4, -0.2) is 228 Å². The van der Waals surface area contributed by atoms with Gasteiger partial charge in [0.25, 0.3) is 16.7 Å². The monoisotopic (exact) mass is 1470 g/mol. The van der Waals surface area contributed by atoms with Gasteiger partial charge in [-0.25, -0.2) is 42.2 Å². The van der Waals surface area contributed by atoms with E-state index in [-0.39, 0.29) is 11.6 Å². The summed E-state index contributed by atoms with van der Waals surface area (Å²) < 4.78 is 127. The third-order valence-corrected chi connectivity index (χ3v) is 19.0. The van der Waals surface area contributed by atoms with Crippen molar-refractivity contribution in [1.29, 1.82) is 0 Å². The first-order valence-electron chi connectivity index (χ1n) is 27.8. The van der Waals surface area contributed by atoms with Gasteiger partial charge in [-0.15, -0.1) is 0 Å². The smallest absolute Gasteiger partial charge is 0.394 e. The molecule has 5 aliphatic rings. The maximum atomic E-state index is 14.0. The normalized spacial score (nSPS) is 33.7. The van der Waals surface area contributed by atoms with E-state index in [9.17, 15) is 112 Å². The topological polar surface area (TPSA) is 697 Å². The average Bonchev–Trinajstić information content (AvgIpc) is 1.66. The van der Waals surface area contributed by atoms with Gasteiger partial charge in [-0.3, -0.25) is 88.4 Å². The minimum atomic E-state index is -5.92. The number of rotatable bonds is 26. The Morgan fingerprint density at radius 3 is 0.948 bits per heavy atom. The number of nitrogens with two attached hydrogens (primary N) is 2. The molecule has 0 amide bonds. The highest BCUT2D eigenvalue weighted by molar-refractivity contribution is 7.48. The van der Waals surface area contributed by atoms with E-state index in [1.165, 1.54) is 0 Å². The molecule has 4 unspecified atom stereocenters. The molecular weight excluding hydrogens is 1410 g/mol. The predicted molar refractivity (Wildman–Crippen MR) is 305 cm³/mol. The third-order valence-electron chi connectivity index (χ3n) is 15.0. The number of H-pyrrole nitrogens is 3. The largest absolute Gasteiger partial charge is 0.472 e. The molecule has 48 nitrogen and oxygen atoms in total. The summed E-state index contributed by atoms with van der Waals surface area (Å²) in [6, 6.07) is 4.56. The fourth-order valence-electron chi connectivity index (χ4n) is 10.5. The number of phosphoric acid groups is 4. The molecule has 97 heavy (non-hydrogen) atoms. The van der Waals surface area contributed by atoms with E-state index in [0.29, 0.717) is 18.3 Å². The van der Waals surface area contributed by atoms with Crippen molar-refractivity contribution in [2.45, 2.75) is 123 Å². The lowest BCUT2D eigenvalue weighted by Crippen LogP contribution is -2.40. The Morgan fingerprint density at radius 1 is 0.392 bits per heavy atom. The zero-order valence-electron chi connectivity index (χ0n) is 48.6. The fraction of sp³-hybridized carbons (Fsp3) is 0.556. The summed E-state index contributed by atoms with van der Waals surface area (Å²) in [5.41, 5.74) is 2.36. The first-order chi connectivity index (χ1) is 45.5. The Bertz CT molecular complexity index is 4410. The van der Waals surface area contributed by atoms with Gasteiger partial charge in [0, 0.05) is 49.2 Å². The van der Waals surface area contributed by atoms with Crippen LogP contribution < -0.4 is 56.6 Å². The molecule has 5 saturated heterocycles. The van der Waals surface area contributed by atoms with Crippen LogP contribution in [-0.2, 0) is 78.1 Å². The second-order valence-electron chi connectivity index (χ2n) is 21.4. The van der Waals surface area contributed by atoms with E-state index in [1.54, 1.807) is 0 Å². The molecule has 10 rings (SSSR count). The lowest BCUT2D eigenvalue weighted by molar-refractivity contribution is -0.0665. The van der Waals surface area contributed by atoms with Gasteiger partial charge < -0.3 is 90.5 Å². The van der Waals surface area contributed by atoms with E-state index in [4.69, 9.17) is 71.3 Å². The van der Waals surface area contributed by atoms with Crippen molar-refractivity contribution in [3.8, 4) is 0 Å². The SMILES string of the molecule is Nc1ccn([C@@H]2O[C@H](COP(=O)(O)O[C@H]3[C@@H](O)[C@H](n4ccc(N)nc4=O)O[C@@H]3COP(=O)(O)O[C@H]3[C@@H](O)[C@H](n4ccc(=O)[nH]c4=O)O[C@@H]3COP(=O)(O)O[C@H]3[C@@H](O)[C@@H](n4ccc(=O)[nH]c4=O)O[C@@H]3COP(=O)(O)O[C@H]3[C@@H](O)[C@H](n4ccc(=O)[nH]c4=O)O[C@@H]3CO)[C@@H](O)[C@H]2O)c(=O)n1. The first kappa shape index (κ1) is 73.1. The summed E-state index contributed by atoms with van der Waals surface area (Å²) in [4.78, 5) is 156. The average molecular weight is 1470 g/mol. The van der Waals surface area contributed by atoms with Gasteiger partial charge in [0.1, 0.15) is 103 Å². The second-order valence-corrected chi connectivity index (χ2v) is 27.1. The highest BCUT2D eigenvalue weighted by Gasteiger charge is 2.56. The van der Waals surface area contributed by atoms with Crippen LogP contribution in [0.25, 0.3) is 0 Å². The van der Waals surface area contributed by atoms with Crippen molar-refractivity contribution in [1.82, 2.24) is 47.8 Å². The van der Waals surface area contributed by atoms with E-state index in [1.807, 2.05) is 15.0 Å². The minimum Gasteiger partial charge on any atom is -0.394 e. The molecule has 10 heterocycles. The van der Waals surface area contributed by atoms with Crippen molar-refractivity contribution in [3.63, 3.8) is 0 Å². The summed E-state index contributed by atoms with van der Waals surface area (Å²) in [7, 11) is -23.1. The predicted octanol–water partition coefficient (Wildman–Crippen LogP) is -9.03. The molecule has 534 valence electrons. The Morgan fingerprint density at radius 2 is 0.649 bits per heavy atom. The molecular formula is C45H58N12O36P4. The number of aromatic amines is 3. The Labute approximate surface area is 534 Å². The van der Waals surface area contributed by atoms with Crippen LogP contribution in [0, 0.1) is 0 Å². The third kappa shape index (κ3) is 16.3. The van der Waals surface area contributed by atoms with Gasteiger partial charge in [-0.05, 0) is 12.1 Å². The number of hydrogen-bond donors (Lipinski definition) is 16. The lowest BCUT2D eigenvalue weighted by atomic mass is 10.1. The summed E-state index contributed by atoms with van der Waals surface area (Å²) in [6.07, 6.45) is -36.8. The van der Waals surface area contributed by atoms with E-state index in [0.717, 1.165) is 65.9 Å². The van der Waals surface area contributed by atoms with Crippen molar-refractivity contribution in [2.75, 3.05) is 44.5 Å². The maximum absolute atomic E-state index is 14.0. The zero-order chi connectivity index (χ0) is 70.5. The summed E-state index contributed by atoms with van der Waals surface area (Å²) in [5.74, 6) is -0.550. The lowest BCUT2D eigenvalue weighted by Gasteiger charge is -2.27. The molecule has 5 aromatic rings. The van der Waals surface area contributed by atoms with Crippen molar-refractivity contribution in [3.05, 3.63) is 145 Å². The molecule has 18 N–H and O–H groups in total. The van der Waals surface area contributed by atoms with Crippen molar-refractivity contribution < 1.29 is 133 Å². The highest BCUT2D eigenvalue weighted by Crippen LogP contribution is 2.55. The Balaban J connectivity index is 0.851. The van der Waals surface area contributed by atoms with E-state index >= 15 is 0 Å². The number of aromatic nitrogens is 10. The molecule has 52 heteroatoms. The molecule has 5 aromatic heterocycles. The van der Waals surface area contributed by atoms with Crippen LogP contribution in [0.15, 0.2) is 99.7 Å². The molecule has 0 aliphatic carbocycles. The molecule has 5 aliphatic heterocycles. The number of aliphatic hydroxyl groups excluding tert-OH is 7. The molecule has 0 bridgehead atoms. The second kappa shape index (κ2) is 28.9. The number of hydrogen-bond acceptors (Lipinski definition) is 36. The van der Waals surface area contributed by atoms with Gasteiger partial charge in [0.05, 0.1) is 33.0 Å². The Kier molecular flexibility index (Phi) is 21.8. The summed E-state index contributed by atoms with van der Waals surface area (Å²) in [6.45, 7) is -6.33. The standard InChI is InChI=1S/C45H58N12O36P4/c46-21-1-6-53(41(68)48-21)36-27(63)26(62)17(86-36)12-81-94(73,74)91-33-18(87-38(29(33)65)54-7-2-22(47)49-42(54)69)14-83-96(77,78)93-35-20(89-40(31(35)67)57-10-5-25(61)52-45(57)72)15-84-97(79,80)92-34-19(88-39(30(34)66)56-9-4-24(60)51-44(56)71)13-82-95(75,76)90-32-16(11-58)85-37(28(32)64)55-8-3-23(59)50-43(55)70/h1-10,16-20,26-40,58,62-67H,11-15H2,(H,73,74)(H,75,76)(H,77,78)(H,79,80)(H2,46,48,68)(H2,47,49,69)(H,50,59,70)(H,51,60,71)(H,52,61,72)/t16-,17-,18-,19-,20-,26-,27-,28-,29-,30-,31-,32-,33-,34-,35-,36-,37-,38-,39+,40-/m1/s1. The van der Waals surface area contributed by atoms with Crippen LogP contribution in [0.4, 0.5) is 11.6 Å². The number of nitrogens with one attached hydrogen (secondary N) is 3. The molecule has 5 fully saturated rings. The van der Waals surface area contributed by atoms with Crippen LogP contribution in [0.5, 0.6) is 0 Å². The highest BCUT2D eigenvalue weighted by atomic mass is 31.2. The van der Waals surface area contributed by atoms with Gasteiger partial charge in [-0.2, -0.15) is 9.97 Å². The summed E-state index contributed by atoms with van der Waals surface area (Å²) in [5, 5.41) is 77.1. The number of phosphoric ester groups is 4. The molecule has 0 radical (unpaired) electrons. The van der Waals surface area contributed by atoms with Gasteiger partial charge in [0.2, 0.25) is 0 Å².